The number of hydrogen-bond donors (Lipinski definition) is 1. The number of anilines is 1. The number of nitrogens with one attached hydrogen (secondary N) is 1. The summed E-state index contributed by atoms with van der Waals surface area (Å²) < 4.78 is 5.44. The zero-order valence-electron chi connectivity index (χ0n) is 11.4. The van der Waals surface area contributed by atoms with Gasteiger partial charge in [-0.05, 0) is 44.8 Å². The van der Waals surface area contributed by atoms with Gasteiger partial charge in [0.05, 0.1) is 6.61 Å². The average molecular weight is 249 g/mol. The summed E-state index contributed by atoms with van der Waals surface area (Å²) in [5.74, 6) is 2.49. The standard InChI is InChI=1S/C14H23N3O/c1-3-18-14-6-4-5-13(16-14)17(2)11-12-7-9-15-10-8-12/h4-6,12,15H,3,7-11H2,1-2H3. The van der Waals surface area contributed by atoms with E-state index in [-0.39, 0.29) is 0 Å². The minimum atomic E-state index is 0.661. The van der Waals surface area contributed by atoms with E-state index in [0.29, 0.717) is 12.5 Å². The largest absolute Gasteiger partial charge is 0.478 e. The van der Waals surface area contributed by atoms with E-state index in [4.69, 9.17) is 4.74 Å². The summed E-state index contributed by atoms with van der Waals surface area (Å²) in [5, 5.41) is 3.40. The fourth-order valence-corrected chi connectivity index (χ4v) is 2.39. The molecule has 100 valence electrons. The van der Waals surface area contributed by atoms with Crippen LogP contribution in [0.3, 0.4) is 0 Å². The SMILES string of the molecule is CCOc1cccc(N(C)CC2CCNCC2)n1. The molecular weight excluding hydrogens is 226 g/mol. The monoisotopic (exact) mass is 249 g/mol. The first-order valence-electron chi connectivity index (χ1n) is 6.81. The highest BCUT2D eigenvalue weighted by Gasteiger charge is 2.15. The van der Waals surface area contributed by atoms with Crippen molar-refractivity contribution in [3.8, 4) is 5.88 Å². The molecule has 1 aliphatic rings. The fourth-order valence-electron chi connectivity index (χ4n) is 2.39. The highest BCUT2D eigenvalue weighted by molar-refractivity contribution is 5.39. The van der Waals surface area contributed by atoms with Gasteiger partial charge in [0.1, 0.15) is 5.82 Å². The van der Waals surface area contributed by atoms with Crippen LogP contribution in [0.4, 0.5) is 5.82 Å². The normalized spacial score (nSPS) is 16.6. The summed E-state index contributed by atoms with van der Waals surface area (Å²) in [4.78, 5) is 6.75. The van der Waals surface area contributed by atoms with Gasteiger partial charge in [0.15, 0.2) is 0 Å². The van der Waals surface area contributed by atoms with Crippen molar-refractivity contribution in [1.29, 1.82) is 0 Å². The Morgan fingerprint density at radius 3 is 2.89 bits per heavy atom. The van der Waals surface area contributed by atoms with Crippen molar-refractivity contribution in [3.63, 3.8) is 0 Å². The van der Waals surface area contributed by atoms with E-state index in [0.717, 1.165) is 31.4 Å². The molecule has 1 aromatic heterocycles. The summed E-state index contributed by atoms with van der Waals surface area (Å²) >= 11 is 0. The molecular formula is C14H23N3O. The molecule has 0 bridgehead atoms. The Morgan fingerprint density at radius 2 is 2.17 bits per heavy atom. The topological polar surface area (TPSA) is 37.4 Å². The average Bonchev–Trinajstić information content (AvgIpc) is 2.40. The predicted molar refractivity (Wildman–Crippen MR) is 74.3 cm³/mol. The summed E-state index contributed by atoms with van der Waals surface area (Å²) in [6, 6.07) is 5.96. The van der Waals surface area contributed by atoms with Crippen molar-refractivity contribution in [2.24, 2.45) is 5.92 Å². The molecule has 18 heavy (non-hydrogen) atoms. The molecule has 0 amide bonds. The van der Waals surface area contributed by atoms with E-state index in [1.54, 1.807) is 0 Å². The zero-order valence-corrected chi connectivity index (χ0v) is 11.4. The number of hydrogen-bond acceptors (Lipinski definition) is 4. The lowest BCUT2D eigenvalue weighted by atomic mass is 9.98. The second-order valence-corrected chi connectivity index (χ2v) is 4.84. The van der Waals surface area contributed by atoms with Crippen LogP contribution in [0.25, 0.3) is 0 Å². The van der Waals surface area contributed by atoms with Crippen molar-refractivity contribution < 1.29 is 4.74 Å². The lowest BCUT2D eigenvalue weighted by Gasteiger charge is -2.28. The maximum absolute atomic E-state index is 5.44. The Morgan fingerprint density at radius 1 is 1.39 bits per heavy atom. The first kappa shape index (κ1) is 13.1. The molecule has 0 aliphatic carbocycles. The predicted octanol–water partition coefficient (Wildman–Crippen LogP) is 1.92. The third-order valence-electron chi connectivity index (χ3n) is 3.38. The van der Waals surface area contributed by atoms with Crippen LogP contribution in [-0.2, 0) is 0 Å². The molecule has 2 heterocycles. The minimum absolute atomic E-state index is 0.661. The second-order valence-electron chi connectivity index (χ2n) is 4.84. The van der Waals surface area contributed by atoms with Crippen molar-refractivity contribution in [1.82, 2.24) is 10.3 Å². The van der Waals surface area contributed by atoms with Crippen LogP contribution >= 0.6 is 0 Å². The van der Waals surface area contributed by atoms with Crippen molar-refractivity contribution in [2.75, 3.05) is 38.2 Å². The summed E-state index contributed by atoms with van der Waals surface area (Å²) in [6.45, 7) is 6.00. The van der Waals surface area contributed by atoms with Gasteiger partial charge in [-0.1, -0.05) is 6.07 Å². The number of ether oxygens (including phenoxy) is 1. The van der Waals surface area contributed by atoms with Gasteiger partial charge in [-0.2, -0.15) is 4.98 Å². The molecule has 1 aromatic rings. The Hall–Kier alpha value is -1.29. The van der Waals surface area contributed by atoms with Crippen LogP contribution in [0.15, 0.2) is 18.2 Å². The molecule has 1 fully saturated rings. The van der Waals surface area contributed by atoms with E-state index in [2.05, 4.69) is 22.2 Å². The highest BCUT2D eigenvalue weighted by atomic mass is 16.5. The number of rotatable bonds is 5. The van der Waals surface area contributed by atoms with Crippen LogP contribution in [0.5, 0.6) is 5.88 Å². The van der Waals surface area contributed by atoms with Gasteiger partial charge in [0.25, 0.3) is 0 Å². The van der Waals surface area contributed by atoms with Gasteiger partial charge in [0, 0.05) is 19.7 Å². The van der Waals surface area contributed by atoms with E-state index >= 15 is 0 Å². The van der Waals surface area contributed by atoms with E-state index < -0.39 is 0 Å². The van der Waals surface area contributed by atoms with Gasteiger partial charge in [-0.3, -0.25) is 0 Å². The molecule has 4 heteroatoms. The Bertz CT molecular complexity index is 364. The molecule has 2 rings (SSSR count). The molecule has 4 nitrogen and oxygen atoms in total. The Kier molecular flexibility index (Phi) is 4.81. The third-order valence-corrected chi connectivity index (χ3v) is 3.38. The Balaban J connectivity index is 1.94. The van der Waals surface area contributed by atoms with Crippen molar-refractivity contribution in [3.05, 3.63) is 18.2 Å². The first-order chi connectivity index (χ1) is 8.79. The molecule has 0 radical (unpaired) electrons. The second kappa shape index (κ2) is 6.59. The van der Waals surface area contributed by atoms with Crippen molar-refractivity contribution in [2.45, 2.75) is 19.8 Å². The molecule has 1 saturated heterocycles. The summed E-state index contributed by atoms with van der Waals surface area (Å²) in [6.07, 6.45) is 2.52. The number of nitrogens with zero attached hydrogens (tertiary/aromatic N) is 2. The van der Waals surface area contributed by atoms with Crippen LogP contribution in [-0.4, -0.2) is 38.3 Å². The number of aromatic nitrogens is 1. The fraction of sp³-hybridized carbons (Fsp3) is 0.643. The van der Waals surface area contributed by atoms with Crippen LogP contribution in [0, 0.1) is 5.92 Å². The maximum atomic E-state index is 5.44. The maximum Gasteiger partial charge on any atom is 0.215 e. The smallest absolute Gasteiger partial charge is 0.215 e. The van der Waals surface area contributed by atoms with Crippen LogP contribution in [0.1, 0.15) is 19.8 Å². The minimum Gasteiger partial charge on any atom is -0.478 e. The number of pyridine rings is 1. The van der Waals surface area contributed by atoms with Crippen LogP contribution in [0.2, 0.25) is 0 Å². The molecule has 0 spiro atoms. The highest BCUT2D eigenvalue weighted by Crippen LogP contribution is 2.19. The Labute approximate surface area is 109 Å². The van der Waals surface area contributed by atoms with Crippen molar-refractivity contribution >= 4 is 5.82 Å². The first-order valence-corrected chi connectivity index (χ1v) is 6.81. The quantitative estimate of drug-likeness (QED) is 0.865. The molecule has 1 N–H and O–H groups in total. The van der Waals surface area contributed by atoms with Gasteiger partial charge in [-0.25, -0.2) is 0 Å². The van der Waals surface area contributed by atoms with Gasteiger partial charge in [0.2, 0.25) is 5.88 Å². The lowest BCUT2D eigenvalue weighted by Crippen LogP contribution is -2.34. The summed E-state index contributed by atoms with van der Waals surface area (Å²) in [5.41, 5.74) is 0. The van der Waals surface area contributed by atoms with Crippen LogP contribution < -0.4 is 15.0 Å². The molecule has 0 aromatic carbocycles. The third kappa shape index (κ3) is 3.60. The lowest BCUT2D eigenvalue weighted by molar-refractivity contribution is 0.326. The van der Waals surface area contributed by atoms with Gasteiger partial charge in [-0.15, -0.1) is 0 Å². The number of piperidine rings is 1. The molecule has 0 atom stereocenters. The summed E-state index contributed by atoms with van der Waals surface area (Å²) in [7, 11) is 2.11. The van der Waals surface area contributed by atoms with E-state index in [1.807, 2.05) is 25.1 Å². The van der Waals surface area contributed by atoms with E-state index in [1.165, 1.54) is 12.8 Å². The molecule has 0 saturated carbocycles. The van der Waals surface area contributed by atoms with E-state index in [9.17, 15) is 0 Å². The molecule has 1 aliphatic heterocycles. The van der Waals surface area contributed by atoms with Gasteiger partial charge < -0.3 is 15.0 Å². The molecule has 0 unspecified atom stereocenters. The zero-order chi connectivity index (χ0) is 12.8. The van der Waals surface area contributed by atoms with Gasteiger partial charge >= 0.3 is 0 Å².